The van der Waals surface area contributed by atoms with Gasteiger partial charge in [-0.05, 0) is 24.0 Å². The van der Waals surface area contributed by atoms with Crippen LogP contribution < -0.4 is 0 Å². The molecule has 1 heteroatoms. The molecular formula is C16H28Si. The molecule has 1 aliphatic rings. The molecule has 0 saturated heterocycles. The molecular weight excluding hydrogens is 220 g/mol. The molecule has 0 nitrogen and oxygen atoms in total. The smallest absolute Gasteiger partial charge is 0.0454 e. The van der Waals surface area contributed by atoms with E-state index in [1.165, 1.54) is 18.0 Å². The highest BCUT2D eigenvalue weighted by atomic mass is 28.3. The standard InChI is InChI=1S/C16H28Si/c1-7-14(2)15-9-8-11-16(3,12-10-15)13-17(4,5)6/h8-12,14H,7,13H2,1-6H3. The molecule has 0 bridgehead atoms. The highest BCUT2D eigenvalue weighted by molar-refractivity contribution is 6.76. The Morgan fingerprint density at radius 3 is 2.41 bits per heavy atom. The highest BCUT2D eigenvalue weighted by Crippen LogP contribution is 2.34. The van der Waals surface area contributed by atoms with Gasteiger partial charge >= 0.3 is 0 Å². The third-order valence-electron chi connectivity index (χ3n) is 3.51. The molecule has 0 spiro atoms. The van der Waals surface area contributed by atoms with Crippen molar-refractivity contribution in [3.63, 3.8) is 0 Å². The van der Waals surface area contributed by atoms with Gasteiger partial charge in [-0.3, -0.25) is 0 Å². The lowest BCUT2D eigenvalue weighted by Gasteiger charge is -2.29. The third kappa shape index (κ3) is 4.67. The minimum Gasteiger partial charge on any atom is -0.0751 e. The van der Waals surface area contributed by atoms with Crippen LogP contribution in [0.1, 0.15) is 27.2 Å². The molecule has 96 valence electrons. The van der Waals surface area contributed by atoms with Crippen molar-refractivity contribution in [2.45, 2.75) is 52.9 Å². The van der Waals surface area contributed by atoms with Gasteiger partial charge in [0.05, 0.1) is 0 Å². The second kappa shape index (κ2) is 5.39. The lowest BCUT2D eigenvalue weighted by Crippen LogP contribution is -2.28. The Labute approximate surface area is 109 Å². The van der Waals surface area contributed by atoms with Crippen LogP contribution in [-0.4, -0.2) is 8.07 Å². The molecule has 0 fully saturated rings. The second-order valence-corrected chi connectivity index (χ2v) is 12.4. The highest BCUT2D eigenvalue weighted by Gasteiger charge is 2.27. The maximum atomic E-state index is 2.45. The van der Waals surface area contributed by atoms with Gasteiger partial charge in [0.1, 0.15) is 0 Å². The van der Waals surface area contributed by atoms with Gasteiger partial charge in [0.15, 0.2) is 0 Å². The summed E-state index contributed by atoms with van der Waals surface area (Å²) in [5.41, 5.74) is 1.74. The molecule has 2 atom stereocenters. The van der Waals surface area contributed by atoms with Gasteiger partial charge in [0.25, 0.3) is 0 Å². The maximum Gasteiger partial charge on any atom is 0.0454 e. The summed E-state index contributed by atoms with van der Waals surface area (Å²) in [7, 11) is -1.02. The van der Waals surface area contributed by atoms with Crippen molar-refractivity contribution in [3.05, 3.63) is 36.0 Å². The lowest BCUT2D eigenvalue weighted by atomic mass is 9.91. The Morgan fingerprint density at radius 2 is 1.88 bits per heavy atom. The van der Waals surface area contributed by atoms with E-state index in [9.17, 15) is 0 Å². The van der Waals surface area contributed by atoms with Crippen LogP contribution in [0.25, 0.3) is 0 Å². The Hall–Kier alpha value is -0.563. The minimum atomic E-state index is -1.02. The molecule has 0 aromatic carbocycles. The number of rotatable bonds is 4. The summed E-state index contributed by atoms with van der Waals surface area (Å²) in [6.45, 7) is 14.3. The van der Waals surface area contributed by atoms with E-state index in [4.69, 9.17) is 0 Å². The van der Waals surface area contributed by atoms with E-state index < -0.39 is 8.07 Å². The van der Waals surface area contributed by atoms with Crippen molar-refractivity contribution in [1.82, 2.24) is 0 Å². The van der Waals surface area contributed by atoms with Gasteiger partial charge in [-0.2, -0.15) is 0 Å². The summed E-state index contributed by atoms with van der Waals surface area (Å²) >= 11 is 0. The van der Waals surface area contributed by atoms with E-state index in [2.05, 4.69) is 70.8 Å². The molecule has 0 amide bonds. The van der Waals surface area contributed by atoms with Crippen molar-refractivity contribution in [3.8, 4) is 0 Å². The van der Waals surface area contributed by atoms with Crippen LogP contribution in [0.3, 0.4) is 0 Å². The lowest BCUT2D eigenvalue weighted by molar-refractivity contribution is 0.612. The monoisotopic (exact) mass is 248 g/mol. The number of allylic oxidation sites excluding steroid dienone is 6. The fourth-order valence-corrected chi connectivity index (χ4v) is 5.12. The van der Waals surface area contributed by atoms with Gasteiger partial charge in [-0.1, -0.05) is 70.8 Å². The fourth-order valence-electron chi connectivity index (χ4n) is 2.60. The van der Waals surface area contributed by atoms with Crippen LogP contribution in [0.2, 0.25) is 25.7 Å². The van der Waals surface area contributed by atoms with Crippen molar-refractivity contribution in [2.75, 3.05) is 0 Å². The first kappa shape index (κ1) is 14.5. The first-order chi connectivity index (χ1) is 7.76. The van der Waals surface area contributed by atoms with Crippen LogP contribution in [0.5, 0.6) is 0 Å². The molecule has 2 unspecified atom stereocenters. The Kier molecular flexibility index (Phi) is 4.59. The van der Waals surface area contributed by atoms with Crippen LogP contribution >= 0.6 is 0 Å². The molecule has 1 rings (SSSR count). The molecule has 0 saturated carbocycles. The molecule has 0 radical (unpaired) electrons. The van der Waals surface area contributed by atoms with E-state index in [0.29, 0.717) is 5.92 Å². The first-order valence-electron chi connectivity index (χ1n) is 6.84. The third-order valence-corrected chi connectivity index (χ3v) is 5.34. The summed E-state index contributed by atoms with van der Waals surface area (Å²) in [6.07, 6.45) is 12.9. The summed E-state index contributed by atoms with van der Waals surface area (Å²) in [5.74, 6) is 0.671. The average molecular weight is 248 g/mol. The van der Waals surface area contributed by atoms with Crippen LogP contribution in [0.15, 0.2) is 36.0 Å². The summed E-state index contributed by atoms with van der Waals surface area (Å²) in [5, 5.41) is 0. The normalized spacial score (nSPS) is 26.6. The Balaban J connectivity index is 2.85. The fraction of sp³-hybridized carbons (Fsp3) is 0.625. The van der Waals surface area contributed by atoms with Gasteiger partial charge < -0.3 is 0 Å². The van der Waals surface area contributed by atoms with Crippen LogP contribution in [0.4, 0.5) is 0 Å². The van der Waals surface area contributed by atoms with E-state index in [1.54, 1.807) is 0 Å². The topological polar surface area (TPSA) is 0 Å². The van der Waals surface area contributed by atoms with Crippen LogP contribution in [0, 0.1) is 11.3 Å². The molecule has 0 aliphatic heterocycles. The van der Waals surface area contributed by atoms with Gasteiger partial charge in [-0.15, -0.1) is 0 Å². The number of hydrogen-bond acceptors (Lipinski definition) is 0. The molecule has 0 N–H and O–H groups in total. The van der Waals surface area contributed by atoms with E-state index >= 15 is 0 Å². The van der Waals surface area contributed by atoms with Gasteiger partial charge in [0, 0.05) is 13.5 Å². The Morgan fingerprint density at radius 1 is 1.24 bits per heavy atom. The van der Waals surface area contributed by atoms with Gasteiger partial charge in [-0.25, -0.2) is 0 Å². The molecule has 0 aromatic rings. The first-order valence-corrected chi connectivity index (χ1v) is 10.6. The van der Waals surface area contributed by atoms with Crippen LogP contribution in [-0.2, 0) is 0 Å². The van der Waals surface area contributed by atoms with Gasteiger partial charge in [0.2, 0.25) is 0 Å². The molecule has 0 heterocycles. The quantitative estimate of drug-likeness (QED) is 0.582. The zero-order chi connectivity index (χ0) is 13.1. The summed E-state index contributed by atoms with van der Waals surface area (Å²) in [6, 6.07) is 1.33. The summed E-state index contributed by atoms with van der Waals surface area (Å²) in [4.78, 5) is 0. The predicted molar refractivity (Wildman–Crippen MR) is 82.1 cm³/mol. The number of hydrogen-bond donors (Lipinski definition) is 0. The van der Waals surface area contributed by atoms with E-state index in [-0.39, 0.29) is 5.41 Å². The zero-order valence-electron chi connectivity index (χ0n) is 12.4. The zero-order valence-corrected chi connectivity index (χ0v) is 13.4. The summed E-state index contributed by atoms with van der Waals surface area (Å²) < 4.78 is 0. The van der Waals surface area contributed by atoms with Crippen molar-refractivity contribution in [1.29, 1.82) is 0 Å². The molecule has 0 aromatic heterocycles. The average Bonchev–Trinajstić information content (AvgIpc) is 2.36. The van der Waals surface area contributed by atoms with E-state index in [0.717, 1.165) is 0 Å². The SMILES string of the molecule is CCC(C)C1=CC=CC(C)(C[Si](C)(C)C)C=C1. The largest absolute Gasteiger partial charge is 0.0751 e. The van der Waals surface area contributed by atoms with Crippen molar-refractivity contribution >= 4 is 8.07 Å². The minimum absolute atomic E-state index is 0.260. The van der Waals surface area contributed by atoms with Crippen molar-refractivity contribution in [2.24, 2.45) is 11.3 Å². The maximum absolute atomic E-state index is 2.45. The van der Waals surface area contributed by atoms with Crippen molar-refractivity contribution < 1.29 is 0 Å². The Bertz CT molecular complexity index is 341. The predicted octanol–water partition coefficient (Wildman–Crippen LogP) is 5.43. The molecule has 1 aliphatic carbocycles. The second-order valence-electron chi connectivity index (χ2n) is 6.91. The molecule has 17 heavy (non-hydrogen) atoms. The van der Waals surface area contributed by atoms with E-state index in [1.807, 2.05) is 0 Å².